The lowest BCUT2D eigenvalue weighted by molar-refractivity contribution is -0.120. The zero-order chi connectivity index (χ0) is 19.6. The third kappa shape index (κ3) is 4.45. The third-order valence-electron chi connectivity index (χ3n) is 4.89. The average molecular weight is 471 g/mol. The molecule has 0 spiro atoms. The zero-order valence-corrected chi connectivity index (χ0v) is 18.6. The minimum Gasteiger partial charge on any atom is -0.325 e. The topological polar surface area (TPSA) is 66.5 Å². The minimum atomic E-state index is -3.56. The number of benzene rings is 1. The fraction of sp³-hybridized carbons (Fsp3) is 0.421. The van der Waals surface area contributed by atoms with Gasteiger partial charge in [-0.2, -0.15) is 4.31 Å². The monoisotopic (exact) mass is 470 g/mol. The fourth-order valence-corrected chi connectivity index (χ4v) is 7.05. The van der Waals surface area contributed by atoms with E-state index in [4.69, 9.17) is 0 Å². The van der Waals surface area contributed by atoms with Crippen LogP contribution in [0.3, 0.4) is 0 Å². The highest BCUT2D eigenvalue weighted by atomic mass is 79.9. The number of carbonyl (C=O) groups is 1. The van der Waals surface area contributed by atoms with Gasteiger partial charge in [-0.25, -0.2) is 8.42 Å². The molecule has 0 aliphatic carbocycles. The van der Waals surface area contributed by atoms with Crippen molar-refractivity contribution in [3.63, 3.8) is 0 Å². The van der Waals surface area contributed by atoms with E-state index in [0.717, 1.165) is 27.0 Å². The highest BCUT2D eigenvalue weighted by Crippen LogP contribution is 2.31. The van der Waals surface area contributed by atoms with E-state index in [-0.39, 0.29) is 18.4 Å². The molecule has 5 nitrogen and oxygen atoms in total. The Kier molecular flexibility index (Phi) is 6.40. The van der Waals surface area contributed by atoms with Crippen LogP contribution in [-0.4, -0.2) is 31.7 Å². The summed E-state index contributed by atoms with van der Waals surface area (Å²) in [6.45, 7) is 4.70. The lowest BCUT2D eigenvalue weighted by atomic mass is 9.98. The van der Waals surface area contributed by atoms with E-state index in [9.17, 15) is 13.2 Å². The average Bonchev–Trinajstić information content (AvgIpc) is 3.10. The Morgan fingerprint density at radius 3 is 2.78 bits per heavy atom. The van der Waals surface area contributed by atoms with Crippen LogP contribution < -0.4 is 5.32 Å². The second-order valence-electron chi connectivity index (χ2n) is 6.71. The van der Waals surface area contributed by atoms with Crippen LogP contribution in [-0.2, 0) is 21.2 Å². The Balaban J connectivity index is 1.76. The van der Waals surface area contributed by atoms with Crippen LogP contribution in [0.5, 0.6) is 0 Å². The van der Waals surface area contributed by atoms with Crippen molar-refractivity contribution in [1.29, 1.82) is 0 Å². The molecule has 0 bridgehead atoms. The first-order chi connectivity index (χ1) is 12.8. The number of aryl methyl sites for hydroxylation is 2. The number of rotatable bonds is 5. The Morgan fingerprint density at radius 1 is 1.33 bits per heavy atom. The molecule has 27 heavy (non-hydrogen) atoms. The van der Waals surface area contributed by atoms with Crippen LogP contribution in [0.25, 0.3) is 0 Å². The molecular weight excluding hydrogens is 448 g/mol. The maximum atomic E-state index is 12.9. The lowest BCUT2D eigenvalue weighted by Crippen LogP contribution is -2.43. The fourth-order valence-electron chi connectivity index (χ4n) is 3.37. The highest BCUT2D eigenvalue weighted by molar-refractivity contribution is 9.11. The normalized spacial score (nSPS) is 18.4. The predicted octanol–water partition coefficient (Wildman–Crippen LogP) is 4.42. The van der Waals surface area contributed by atoms with E-state index in [1.165, 1.54) is 15.6 Å². The molecule has 1 unspecified atom stereocenters. The molecule has 0 saturated carbocycles. The van der Waals surface area contributed by atoms with Crippen LogP contribution in [0.4, 0.5) is 5.69 Å². The highest BCUT2D eigenvalue weighted by Gasteiger charge is 2.34. The number of sulfonamides is 1. The molecule has 1 aliphatic heterocycles. The van der Waals surface area contributed by atoms with E-state index in [0.29, 0.717) is 23.6 Å². The van der Waals surface area contributed by atoms with E-state index < -0.39 is 10.0 Å². The number of piperidine rings is 1. The number of para-hydroxylation sites is 1. The van der Waals surface area contributed by atoms with E-state index in [1.54, 1.807) is 12.1 Å². The zero-order valence-electron chi connectivity index (χ0n) is 15.4. The van der Waals surface area contributed by atoms with Crippen molar-refractivity contribution in [1.82, 2.24) is 4.31 Å². The van der Waals surface area contributed by atoms with Crippen molar-refractivity contribution in [2.24, 2.45) is 5.92 Å². The summed E-state index contributed by atoms with van der Waals surface area (Å²) in [6, 6.07) is 9.30. The number of halogens is 1. The van der Waals surface area contributed by atoms with Crippen molar-refractivity contribution in [2.45, 2.75) is 37.3 Å². The number of nitrogens with one attached hydrogen (secondary N) is 1. The van der Waals surface area contributed by atoms with Crippen molar-refractivity contribution in [2.75, 3.05) is 18.4 Å². The SMILES string of the molecule is CCc1cccc(C)c1NC(=O)C1CCCN(S(=O)(=O)c2ccc(Br)s2)C1. The number of anilines is 1. The summed E-state index contributed by atoms with van der Waals surface area (Å²) in [7, 11) is -3.56. The van der Waals surface area contributed by atoms with Gasteiger partial charge in [0.15, 0.2) is 0 Å². The third-order valence-corrected chi connectivity index (χ3v) is 8.84. The van der Waals surface area contributed by atoms with Crippen molar-refractivity contribution in [3.8, 4) is 0 Å². The number of thiophene rings is 1. The van der Waals surface area contributed by atoms with Gasteiger partial charge >= 0.3 is 0 Å². The Labute approximate surface area is 173 Å². The summed E-state index contributed by atoms with van der Waals surface area (Å²) in [5, 5.41) is 3.05. The van der Waals surface area contributed by atoms with Crippen LogP contribution in [0, 0.1) is 12.8 Å². The number of hydrogen-bond donors (Lipinski definition) is 1. The largest absolute Gasteiger partial charge is 0.325 e. The second-order valence-corrected chi connectivity index (χ2v) is 11.3. The summed E-state index contributed by atoms with van der Waals surface area (Å²) in [5.41, 5.74) is 2.96. The quantitative estimate of drug-likeness (QED) is 0.702. The number of amides is 1. The van der Waals surface area contributed by atoms with Gasteiger partial charge in [-0.1, -0.05) is 25.1 Å². The van der Waals surface area contributed by atoms with Crippen molar-refractivity contribution < 1.29 is 13.2 Å². The van der Waals surface area contributed by atoms with Crippen LogP contribution >= 0.6 is 27.3 Å². The summed E-state index contributed by atoms with van der Waals surface area (Å²) in [4.78, 5) is 12.9. The molecule has 2 heterocycles. The van der Waals surface area contributed by atoms with Gasteiger partial charge < -0.3 is 5.32 Å². The first-order valence-electron chi connectivity index (χ1n) is 8.97. The molecule has 146 valence electrons. The van der Waals surface area contributed by atoms with Crippen molar-refractivity contribution in [3.05, 3.63) is 45.2 Å². The molecule has 2 aromatic rings. The van der Waals surface area contributed by atoms with Gasteiger partial charge in [-0.15, -0.1) is 11.3 Å². The Morgan fingerprint density at radius 2 is 2.11 bits per heavy atom. The maximum absolute atomic E-state index is 12.9. The number of nitrogens with zero attached hydrogens (tertiary/aromatic N) is 1. The molecule has 1 fully saturated rings. The second kappa shape index (κ2) is 8.43. The van der Waals surface area contributed by atoms with Gasteiger partial charge in [0.05, 0.1) is 9.70 Å². The molecule has 0 radical (unpaired) electrons. The van der Waals surface area contributed by atoms with Gasteiger partial charge in [-0.3, -0.25) is 4.79 Å². The number of hydrogen-bond acceptors (Lipinski definition) is 4. The first-order valence-corrected chi connectivity index (χ1v) is 12.0. The van der Waals surface area contributed by atoms with Gasteiger partial charge in [-0.05, 0) is 65.4 Å². The molecule has 1 saturated heterocycles. The van der Waals surface area contributed by atoms with Gasteiger partial charge in [0.25, 0.3) is 10.0 Å². The summed E-state index contributed by atoms with van der Waals surface area (Å²) in [6.07, 6.45) is 2.20. The van der Waals surface area contributed by atoms with E-state index >= 15 is 0 Å². The summed E-state index contributed by atoms with van der Waals surface area (Å²) in [5.74, 6) is -0.451. The Bertz CT molecular complexity index is 940. The molecule has 1 aliphatic rings. The molecule has 3 rings (SSSR count). The van der Waals surface area contributed by atoms with Crippen LogP contribution in [0.1, 0.15) is 30.9 Å². The molecule has 8 heteroatoms. The molecule has 1 aromatic heterocycles. The van der Waals surface area contributed by atoms with Crippen molar-refractivity contribution >= 4 is 48.9 Å². The summed E-state index contributed by atoms with van der Waals surface area (Å²) >= 11 is 4.51. The van der Waals surface area contributed by atoms with Gasteiger partial charge in [0.2, 0.25) is 5.91 Å². The molecule has 1 amide bonds. The lowest BCUT2D eigenvalue weighted by Gasteiger charge is -2.31. The standard InChI is InChI=1S/C19H23BrN2O3S2/c1-3-14-7-4-6-13(2)18(14)21-19(23)15-8-5-11-22(12-15)27(24,25)17-10-9-16(20)26-17/h4,6-7,9-10,15H,3,5,8,11-12H2,1-2H3,(H,21,23). The predicted molar refractivity (Wildman–Crippen MR) is 113 cm³/mol. The first kappa shape index (κ1) is 20.5. The smallest absolute Gasteiger partial charge is 0.252 e. The van der Waals surface area contributed by atoms with Crippen LogP contribution in [0.15, 0.2) is 38.3 Å². The van der Waals surface area contributed by atoms with E-state index in [2.05, 4.69) is 28.2 Å². The van der Waals surface area contributed by atoms with Gasteiger partial charge in [0, 0.05) is 18.8 Å². The van der Waals surface area contributed by atoms with Crippen LogP contribution in [0.2, 0.25) is 0 Å². The molecule has 1 N–H and O–H groups in total. The number of carbonyl (C=O) groups excluding carboxylic acids is 1. The molecular formula is C19H23BrN2O3S2. The Hall–Kier alpha value is -1.22. The summed E-state index contributed by atoms with van der Waals surface area (Å²) < 4.78 is 28.3. The molecule has 1 aromatic carbocycles. The van der Waals surface area contributed by atoms with Gasteiger partial charge in [0.1, 0.15) is 4.21 Å². The van der Waals surface area contributed by atoms with E-state index in [1.807, 2.05) is 25.1 Å². The molecule has 1 atom stereocenters. The maximum Gasteiger partial charge on any atom is 0.252 e. The minimum absolute atomic E-state index is 0.105.